The lowest BCUT2D eigenvalue weighted by Crippen LogP contribution is -2.15. The van der Waals surface area contributed by atoms with Crippen molar-refractivity contribution in [2.45, 2.75) is 23.6 Å². The van der Waals surface area contributed by atoms with Crippen LogP contribution in [-0.4, -0.2) is 24.5 Å². The molecule has 182 valence electrons. The maximum absolute atomic E-state index is 15.4. The normalized spacial score (nSPS) is 10.3. The van der Waals surface area contributed by atoms with Crippen molar-refractivity contribution in [3.05, 3.63) is 81.4 Å². The number of thioether (sulfide) groups is 2. The van der Waals surface area contributed by atoms with E-state index in [0.717, 1.165) is 0 Å². The van der Waals surface area contributed by atoms with Crippen LogP contribution in [-0.2, 0) is 0 Å². The van der Waals surface area contributed by atoms with E-state index in [1.165, 1.54) is 26.4 Å². The topological polar surface area (TPSA) is 100 Å². The molecule has 36 heavy (non-hydrogen) atoms. The molecule has 0 amide bonds. The SMILES string of the molecule is COc1ccc(SC(=O)c2c(F)c(C#N)c(C#N)c(F)c2C(=O)Sc2ccc(OC)cc2C)c(C)c1. The molecule has 0 saturated carbocycles. The summed E-state index contributed by atoms with van der Waals surface area (Å²) in [6.45, 7) is 3.39. The van der Waals surface area contributed by atoms with Crippen LogP contribution in [0.25, 0.3) is 0 Å². The molecular weight excluding hydrogens is 506 g/mol. The molecule has 0 spiro atoms. The Hall–Kier alpha value is -3.86. The van der Waals surface area contributed by atoms with Crippen molar-refractivity contribution >= 4 is 33.8 Å². The second kappa shape index (κ2) is 11.3. The van der Waals surface area contributed by atoms with E-state index >= 15 is 8.78 Å². The minimum atomic E-state index is -1.42. The molecule has 0 fully saturated rings. The van der Waals surface area contributed by atoms with Gasteiger partial charge in [0.15, 0.2) is 11.6 Å². The van der Waals surface area contributed by atoms with Gasteiger partial charge < -0.3 is 9.47 Å². The Morgan fingerprint density at radius 3 is 1.39 bits per heavy atom. The molecule has 0 atom stereocenters. The van der Waals surface area contributed by atoms with Crippen molar-refractivity contribution in [2.24, 2.45) is 0 Å². The maximum Gasteiger partial charge on any atom is 0.228 e. The standard InChI is InChI=1S/C26H18F2N2O4S2/c1-13-9-15(33-3)5-7-19(13)35-25(31)21-22(24(28)18(12-30)17(11-29)23(21)27)26(32)36-20-8-6-16(34-4)10-14(20)2/h5-10H,1-4H3. The molecule has 0 aliphatic carbocycles. The number of nitrogens with zero attached hydrogens (tertiary/aromatic N) is 2. The van der Waals surface area contributed by atoms with Crippen LogP contribution in [0.2, 0.25) is 0 Å². The van der Waals surface area contributed by atoms with Gasteiger partial charge in [0.1, 0.15) is 34.8 Å². The van der Waals surface area contributed by atoms with Crippen molar-refractivity contribution in [1.29, 1.82) is 10.5 Å². The van der Waals surface area contributed by atoms with E-state index in [2.05, 4.69) is 0 Å². The average molecular weight is 525 g/mol. The third-order valence-electron chi connectivity index (χ3n) is 5.18. The maximum atomic E-state index is 15.4. The molecule has 0 heterocycles. The van der Waals surface area contributed by atoms with Crippen LogP contribution in [0.15, 0.2) is 46.2 Å². The molecule has 0 unspecified atom stereocenters. The number of carbonyl (C=O) groups excluding carboxylic acids is 2. The van der Waals surface area contributed by atoms with Gasteiger partial charge in [-0.05, 0) is 84.9 Å². The van der Waals surface area contributed by atoms with Crippen LogP contribution < -0.4 is 9.47 Å². The molecule has 3 rings (SSSR count). The van der Waals surface area contributed by atoms with Crippen molar-refractivity contribution in [3.63, 3.8) is 0 Å². The zero-order valence-electron chi connectivity index (χ0n) is 19.6. The van der Waals surface area contributed by atoms with Crippen molar-refractivity contribution < 1.29 is 27.8 Å². The monoisotopic (exact) mass is 524 g/mol. The summed E-state index contributed by atoms with van der Waals surface area (Å²) in [7, 11) is 2.95. The van der Waals surface area contributed by atoms with E-state index in [9.17, 15) is 20.1 Å². The summed E-state index contributed by atoms with van der Waals surface area (Å²) >= 11 is 1.15. The largest absolute Gasteiger partial charge is 0.497 e. The van der Waals surface area contributed by atoms with E-state index < -0.39 is 44.1 Å². The highest BCUT2D eigenvalue weighted by molar-refractivity contribution is 8.15. The summed E-state index contributed by atoms with van der Waals surface area (Å²) in [6.07, 6.45) is 0. The zero-order valence-corrected chi connectivity index (χ0v) is 21.2. The lowest BCUT2D eigenvalue weighted by Gasteiger charge is -2.14. The fourth-order valence-corrected chi connectivity index (χ4v) is 5.01. The van der Waals surface area contributed by atoms with Crippen LogP contribution in [0.1, 0.15) is 43.0 Å². The first-order valence-electron chi connectivity index (χ1n) is 10.3. The first kappa shape index (κ1) is 26.7. The number of benzene rings is 3. The summed E-state index contributed by atoms with van der Waals surface area (Å²) < 4.78 is 41.1. The van der Waals surface area contributed by atoms with Crippen molar-refractivity contribution in [1.82, 2.24) is 0 Å². The number of aryl methyl sites for hydroxylation is 2. The summed E-state index contributed by atoms with van der Waals surface area (Å²) in [4.78, 5) is 27.3. The number of halogens is 2. The van der Waals surface area contributed by atoms with Gasteiger partial charge >= 0.3 is 0 Å². The van der Waals surface area contributed by atoms with Gasteiger partial charge in [-0.25, -0.2) is 8.78 Å². The summed E-state index contributed by atoms with van der Waals surface area (Å²) in [6, 6.07) is 12.5. The van der Waals surface area contributed by atoms with Gasteiger partial charge in [-0.2, -0.15) is 10.5 Å². The Bertz CT molecular complexity index is 1370. The molecular formula is C26H18F2N2O4S2. The van der Waals surface area contributed by atoms with Crippen LogP contribution in [0.5, 0.6) is 11.5 Å². The number of nitriles is 2. The quantitative estimate of drug-likeness (QED) is 0.351. The fourth-order valence-electron chi connectivity index (χ4n) is 3.31. The molecule has 0 N–H and O–H groups in total. The van der Waals surface area contributed by atoms with Gasteiger partial charge in [-0.3, -0.25) is 9.59 Å². The fraction of sp³-hybridized carbons (Fsp3) is 0.154. The molecule has 0 bridgehead atoms. The first-order chi connectivity index (χ1) is 17.2. The van der Waals surface area contributed by atoms with Crippen LogP contribution in [0.3, 0.4) is 0 Å². The second-order valence-electron chi connectivity index (χ2n) is 7.39. The molecule has 0 saturated heterocycles. The van der Waals surface area contributed by atoms with E-state index in [1.807, 2.05) is 0 Å². The summed E-state index contributed by atoms with van der Waals surface area (Å²) in [5.41, 5.74) is -2.42. The van der Waals surface area contributed by atoms with Gasteiger partial charge in [0.2, 0.25) is 10.2 Å². The van der Waals surface area contributed by atoms with Gasteiger partial charge in [0.25, 0.3) is 0 Å². The first-order valence-corrected chi connectivity index (χ1v) is 11.9. The zero-order chi connectivity index (χ0) is 26.6. The lowest BCUT2D eigenvalue weighted by atomic mass is 9.98. The van der Waals surface area contributed by atoms with E-state index in [-0.39, 0.29) is 0 Å². The molecule has 0 aliphatic rings. The van der Waals surface area contributed by atoms with Gasteiger partial charge in [-0.1, -0.05) is 0 Å². The third kappa shape index (κ3) is 5.20. The van der Waals surface area contributed by atoms with Crippen LogP contribution >= 0.6 is 23.5 Å². The predicted molar refractivity (Wildman–Crippen MR) is 132 cm³/mol. The van der Waals surface area contributed by atoms with Crippen LogP contribution in [0, 0.1) is 48.1 Å². The van der Waals surface area contributed by atoms with E-state index in [4.69, 9.17) is 9.47 Å². The molecule has 6 nitrogen and oxygen atoms in total. The molecule has 10 heteroatoms. The Morgan fingerprint density at radius 1 is 0.750 bits per heavy atom. The van der Waals surface area contributed by atoms with Crippen LogP contribution in [0.4, 0.5) is 8.78 Å². The van der Waals surface area contributed by atoms with Crippen molar-refractivity contribution in [2.75, 3.05) is 14.2 Å². The number of ether oxygens (including phenoxy) is 2. The number of carbonyl (C=O) groups is 2. The number of hydrogen-bond donors (Lipinski definition) is 0. The Kier molecular flexibility index (Phi) is 8.36. The third-order valence-corrected chi connectivity index (χ3v) is 7.31. The molecule has 0 aromatic heterocycles. The average Bonchev–Trinajstić information content (AvgIpc) is 2.86. The Balaban J connectivity index is 2.15. The Morgan fingerprint density at radius 2 is 1.11 bits per heavy atom. The number of rotatable bonds is 6. The van der Waals surface area contributed by atoms with Gasteiger partial charge in [0, 0.05) is 9.79 Å². The minimum absolute atomic E-state index is 0.417. The number of hydrogen-bond acceptors (Lipinski definition) is 8. The van der Waals surface area contributed by atoms with Gasteiger partial charge in [-0.15, -0.1) is 0 Å². The van der Waals surface area contributed by atoms with Crippen molar-refractivity contribution in [3.8, 4) is 23.6 Å². The van der Waals surface area contributed by atoms with E-state index in [0.29, 0.717) is 55.9 Å². The highest BCUT2D eigenvalue weighted by atomic mass is 32.2. The Labute approximate surface area is 214 Å². The lowest BCUT2D eigenvalue weighted by molar-refractivity contribution is 0.105. The van der Waals surface area contributed by atoms with E-state index in [1.54, 1.807) is 50.2 Å². The molecule has 3 aromatic carbocycles. The smallest absolute Gasteiger partial charge is 0.228 e. The minimum Gasteiger partial charge on any atom is -0.497 e. The summed E-state index contributed by atoms with van der Waals surface area (Å²) in [5.74, 6) is -1.77. The summed E-state index contributed by atoms with van der Waals surface area (Å²) in [5, 5.41) is 16.7. The van der Waals surface area contributed by atoms with Gasteiger partial charge in [0.05, 0.1) is 25.3 Å². The second-order valence-corrected chi connectivity index (χ2v) is 9.42. The highest BCUT2D eigenvalue weighted by Crippen LogP contribution is 2.37. The number of methoxy groups -OCH3 is 2. The molecule has 3 aromatic rings. The predicted octanol–water partition coefficient (Wildman–Crippen LogP) is 6.21. The molecule has 0 radical (unpaired) electrons. The molecule has 0 aliphatic heterocycles. The highest BCUT2D eigenvalue weighted by Gasteiger charge is 2.33.